The molecule has 0 amide bonds. The zero-order chi connectivity index (χ0) is 17.4. The van der Waals surface area contributed by atoms with Gasteiger partial charge in [-0.2, -0.15) is 5.10 Å². The molecule has 1 aromatic heterocycles. The van der Waals surface area contributed by atoms with Gasteiger partial charge in [-0.05, 0) is 12.1 Å². The Bertz CT molecular complexity index is 968. The van der Waals surface area contributed by atoms with E-state index in [0.29, 0.717) is 30.8 Å². The van der Waals surface area contributed by atoms with Gasteiger partial charge in [-0.1, -0.05) is 24.3 Å². The first-order valence-electron chi connectivity index (χ1n) is 8.43. The van der Waals surface area contributed by atoms with Gasteiger partial charge in [0.15, 0.2) is 5.78 Å². The fourth-order valence-electron chi connectivity index (χ4n) is 3.49. The predicted octanol–water partition coefficient (Wildman–Crippen LogP) is 2.29. The van der Waals surface area contributed by atoms with E-state index >= 15 is 0 Å². The number of aliphatic hydroxyl groups excluding tert-OH is 1. The molecule has 1 aliphatic rings. The SMILES string of the molecule is CNc1ccc2c3c(nn2CCNCCO)-c2ccccc2C(=O)c13.Cl. The second kappa shape index (κ2) is 7.45. The molecule has 0 saturated carbocycles. The molecule has 0 fully saturated rings. The van der Waals surface area contributed by atoms with E-state index in [-0.39, 0.29) is 24.8 Å². The van der Waals surface area contributed by atoms with Crippen LogP contribution in [0.2, 0.25) is 0 Å². The highest BCUT2D eigenvalue weighted by atomic mass is 35.5. The van der Waals surface area contributed by atoms with Gasteiger partial charge in [0.1, 0.15) is 5.69 Å². The maximum atomic E-state index is 13.1. The fourth-order valence-corrected chi connectivity index (χ4v) is 3.49. The van der Waals surface area contributed by atoms with Gasteiger partial charge in [-0.15, -0.1) is 12.4 Å². The zero-order valence-electron chi connectivity index (χ0n) is 14.5. The molecule has 1 aliphatic carbocycles. The molecule has 0 spiro atoms. The van der Waals surface area contributed by atoms with E-state index in [9.17, 15) is 4.79 Å². The monoisotopic (exact) mass is 372 g/mol. The van der Waals surface area contributed by atoms with Gasteiger partial charge in [0.2, 0.25) is 0 Å². The van der Waals surface area contributed by atoms with Gasteiger partial charge in [0, 0.05) is 42.3 Å². The zero-order valence-corrected chi connectivity index (χ0v) is 15.3. The highest BCUT2D eigenvalue weighted by Crippen LogP contribution is 2.41. The van der Waals surface area contributed by atoms with Gasteiger partial charge in [-0.25, -0.2) is 0 Å². The molecular weight excluding hydrogens is 352 g/mol. The Labute approximate surface area is 157 Å². The van der Waals surface area contributed by atoms with Crippen LogP contribution in [0.3, 0.4) is 0 Å². The highest BCUT2D eigenvalue weighted by molar-refractivity contribution is 6.27. The first-order valence-corrected chi connectivity index (χ1v) is 8.43. The Morgan fingerprint density at radius 3 is 2.62 bits per heavy atom. The molecule has 1 heterocycles. The van der Waals surface area contributed by atoms with Crippen molar-refractivity contribution in [1.29, 1.82) is 0 Å². The van der Waals surface area contributed by atoms with E-state index in [2.05, 4.69) is 10.6 Å². The molecule has 3 aromatic rings. The number of ketones is 1. The van der Waals surface area contributed by atoms with Crippen molar-refractivity contribution >= 4 is 34.8 Å². The number of nitrogens with one attached hydrogen (secondary N) is 2. The number of carbonyl (C=O) groups excluding carboxylic acids is 1. The summed E-state index contributed by atoms with van der Waals surface area (Å²) in [6.45, 7) is 2.05. The van der Waals surface area contributed by atoms with E-state index in [1.807, 2.05) is 48.1 Å². The predicted molar refractivity (Wildman–Crippen MR) is 105 cm³/mol. The maximum absolute atomic E-state index is 13.1. The standard InChI is InChI=1S/C19H20N4O2.ClH/c1-20-14-6-7-15-17-16(14)19(25)13-5-3-2-4-12(13)18(17)22-23(15)10-8-21-9-11-24;/h2-7,20-21,24H,8-11H2,1H3;1H. The molecular formula is C19H21ClN4O2. The van der Waals surface area contributed by atoms with Crippen molar-refractivity contribution in [2.75, 3.05) is 32.1 Å². The number of fused-ring (bicyclic) bond motifs is 2. The average molecular weight is 373 g/mol. The molecule has 3 N–H and O–H groups in total. The Hall–Kier alpha value is -2.41. The Morgan fingerprint density at radius 1 is 1.12 bits per heavy atom. The lowest BCUT2D eigenvalue weighted by molar-refractivity contribution is 0.104. The summed E-state index contributed by atoms with van der Waals surface area (Å²) in [5.41, 5.74) is 4.93. The molecule has 4 rings (SSSR count). The van der Waals surface area contributed by atoms with E-state index in [4.69, 9.17) is 10.2 Å². The third kappa shape index (κ3) is 2.76. The van der Waals surface area contributed by atoms with Gasteiger partial charge >= 0.3 is 0 Å². The second-order valence-electron chi connectivity index (χ2n) is 6.05. The average Bonchev–Trinajstić information content (AvgIpc) is 3.02. The minimum absolute atomic E-state index is 0. The van der Waals surface area contributed by atoms with Crippen LogP contribution in [-0.4, -0.2) is 47.4 Å². The minimum atomic E-state index is 0. The Morgan fingerprint density at radius 2 is 1.88 bits per heavy atom. The topological polar surface area (TPSA) is 79.2 Å². The number of rotatable bonds is 6. The van der Waals surface area contributed by atoms with Crippen LogP contribution >= 0.6 is 12.4 Å². The molecule has 26 heavy (non-hydrogen) atoms. The van der Waals surface area contributed by atoms with E-state index < -0.39 is 0 Å². The summed E-state index contributed by atoms with van der Waals surface area (Å²) >= 11 is 0. The van der Waals surface area contributed by atoms with Crippen LogP contribution in [0.15, 0.2) is 36.4 Å². The lowest BCUT2D eigenvalue weighted by Gasteiger charge is -2.17. The van der Waals surface area contributed by atoms with Crippen molar-refractivity contribution in [1.82, 2.24) is 15.1 Å². The third-order valence-electron chi connectivity index (χ3n) is 4.63. The summed E-state index contributed by atoms with van der Waals surface area (Å²) in [5.74, 6) is 0.0380. The van der Waals surface area contributed by atoms with Crippen molar-refractivity contribution in [2.45, 2.75) is 6.54 Å². The van der Waals surface area contributed by atoms with E-state index in [1.54, 1.807) is 0 Å². The number of benzene rings is 2. The molecule has 2 aromatic carbocycles. The molecule has 0 saturated heterocycles. The van der Waals surface area contributed by atoms with Crippen molar-refractivity contribution in [3.05, 3.63) is 47.5 Å². The van der Waals surface area contributed by atoms with Crippen molar-refractivity contribution < 1.29 is 9.90 Å². The summed E-state index contributed by atoms with van der Waals surface area (Å²) < 4.78 is 1.94. The summed E-state index contributed by atoms with van der Waals surface area (Å²) in [4.78, 5) is 13.1. The van der Waals surface area contributed by atoms with Crippen LogP contribution in [0.4, 0.5) is 5.69 Å². The van der Waals surface area contributed by atoms with Crippen molar-refractivity contribution in [3.63, 3.8) is 0 Å². The first kappa shape index (κ1) is 18.4. The minimum Gasteiger partial charge on any atom is -0.395 e. The molecule has 6 nitrogen and oxygen atoms in total. The van der Waals surface area contributed by atoms with Crippen LogP contribution in [0.1, 0.15) is 15.9 Å². The molecule has 7 heteroatoms. The molecule has 0 radical (unpaired) electrons. The largest absolute Gasteiger partial charge is 0.395 e. The van der Waals surface area contributed by atoms with Gasteiger partial charge in [0.05, 0.1) is 24.2 Å². The van der Waals surface area contributed by atoms with Crippen LogP contribution in [0.25, 0.3) is 22.2 Å². The summed E-state index contributed by atoms with van der Waals surface area (Å²) in [6, 6.07) is 11.6. The number of aliphatic hydroxyl groups is 1. The Kier molecular flexibility index (Phi) is 5.27. The smallest absolute Gasteiger partial charge is 0.196 e. The summed E-state index contributed by atoms with van der Waals surface area (Å²) in [5, 5.41) is 20.9. The van der Waals surface area contributed by atoms with Gasteiger partial charge in [-0.3, -0.25) is 9.48 Å². The third-order valence-corrected chi connectivity index (χ3v) is 4.63. The second-order valence-corrected chi connectivity index (χ2v) is 6.05. The number of aromatic nitrogens is 2. The number of carbonyl (C=O) groups is 1. The van der Waals surface area contributed by atoms with Crippen LogP contribution in [-0.2, 0) is 6.54 Å². The molecule has 0 aliphatic heterocycles. The molecule has 0 atom stereocenters. The number of hydrogen-bond donors (Lipinski definition) is 3. The lowest BCUT2D eigenvalue weighted by atomic mass is 9.86. The highest BCUT2D eigenvalue weighted by Gasteiger charge is 2.30. The van der Waals surface area contributed by atoms with E-state index in [1.165, 1.54) is 0 Å². The number of nitrogens with zero attached hydrogens (tertiary/aromatic N) is 2. The van der Waals surface area contributed by atoms with Gasteiger partial charge < -0.3 is 15.7 Å². The normalized spacial score (nSPS) is 12.0. The maximum Gasteiger partial charge on any atom is 0.196 e. The van der Waals surface area contributed by atoms with Crippen molar-refractivity contribution in [2.24, 2.45) is 0 Å². The summed E-state index contributed by atoms with van der Waals surface area (Å²) in [6.07, 6.45) is 0. The Balaban J connectivity index is 0.00000196. The molecule has 0 unspecified atom stereocenters. The van der Waals surface area contributed by atoms with Crippen LogP contribution < -0.4 is 10.6 Å². The lowest BCUT2D eigenvalue weighted by Crippen LogP contribution is -2.23. The van der Waals surface area contributed by atoms with Crippen LogP contribution in [0.5, 0.6) is 0 Å². The van der Waals surface area contributed by atoms with Crippen LogP contribution in [0, 0.1) is 0 Å². The molecule has 136 valence electrons. The number of hydrogen-bond acceptors (Lipinski definition) is 5. The molecule has 0 bridgehead atoms. The van der Waals surface area contributed by atoms with E-state index in [0.717, 1.165) is 27.8 Å². The number of halogens is 1. The quantitative estimate of drug-likeness (QED) is 0.452. The van der Waals surface area contributed by atoms with Gasteiger partial charge in [0.25, 0.3) is 0 Å². The number of anilines is 1. The first-order chi connectivity index (χ1) is 12.3. The fraction of sp³-hybridized carbons (Fsp3) is 0.263. The van der Waals surface area contributed by atoms with Crippen molar-refractivity contribution in [3.8, 4) is 11.3 Å². The summed E-state index contributed by atoms with van der Waals surface area (Å²) in [7, 11) is 1.83.